The van der Waals surface area contributed by atoms with Gasteiger partial charge in [-0.15, -0.1) is 0 Å². The Morgan fingerprint density at radius 3 is 2.07 bits per heavy atom. The van der Waals surface area contributed by atoms with Crippen molar-refractivity contribution >= 4 is 0 Å². The molecule has 1 aromatic rings. The molecule has 0 aromatic heterocycles. The predicted molar refractivity (Wildman–Crippen MR) is 67.7 cm³/mol. The molecular formula is C14H24O. The van der Waals surface area contributed by atoms with E-state index < -0.39 is 0 Å². The number of rotatable bonds is 4. The van der Waals surface area contributed by atoms with E-state index >= 15 is 0 Å². The highest BCUT2D eigenvalue weighted by Gasteiger charge is 2.01. The minimum atomic E-state index is 0.836. The van der Waals surface area contributed by atoms with E-state index in [2.05, 4.69) is 39.0 Å². The molecule has 0 unspecified atom stereocenters. The molecule has 86 valence electrons. The molecule has 1 heteroatoms. The van der Waals surface area contributed by atoms with E-state index in [0.29, 0.717) is 0 Å². The van der Waals surface area contributed by atoms with Crippen molar-refractivity contribution in [1.29, 1.82) is 0 Å². The first-order valence-corrected chi connectivity index (χ1v) is 5.94. The highest BCUT2D eigenvalue weighted by atomic mass is 16.5. The number of ether oxygens (including phenoxy) is 1. The molecule has 1 nitrogen and oxygen atoms in total. The van der Waals surface area contributed by atoms with Crippen LogP contribution in [0.5, 0.6) is 5.75 Å². The van der Waals surface area contributed by atoms with Crippen molar-refractivity contribution in [2.45, 2.75) is 47.5 Å². The lowest BCUT2D eigenvalue weighted by molar-refractivity contribution is 0.305. The second-order valence-corrected chi connectivity index (χ2v) is 3.42. The molecule has 0 aliphatic carbocycles. The first-order chi connectivity index (χ1) is 7.25. The van der Waals surface area contributed by atoms with Crippen LogP contribution < -0.4 is 4.74 Å². The third kappa shape index (κ3) is 4.87. The molecule has 0 spiro atoms. The van der Waals surface area contributed by atoms with E-state index in [9.17, 15) is 0 Å². The van der Waals surface area contributed by atoms with E-state index in [0.717, 1.165) is 18.8 Å². The predicted octanol–water partition coefficient (Wildman–Crippen LogP) is 4.51. The van der Waals surface area contributed by atoms with E-state index in [1.54, 1.807) is 0 Å². The van der Waals surface area contributed by atoms with Gasteiger partial charge < -0.3 is 4.74 Å². The summed E-state index contributed by atoms with van der Waals surface area (Å²) < 4.78 is 5.71. The molecule has 0 aliphatic rings. The molecule has 0 aliphatic heterocycles. The maximum absolute atomic E-state index is 5.71. The Bertz CT molecular complexity index is 246. The van der Waals surface area contributed by atoms with Crippen molar-refractivity contribution in [3.63, 3.8) is 0 Å². The molecule has 0 bridgehead atoms. The Hall–Kier alpha value is -0.980. The minimum Gasteiger partial charge on any atom is -0.493 e. The summed E-state index contributed by atoms with van der Waals surface area (Å²) in [5.41, 5.74) is 2.47. The Kier molecular flexibility index (Phi) is 7.79. The Morgan fingerprint density at radius 2 is 1.60 bits per heavy atom. The third-order valence-corrected chi connectivity index (χ3v) is 2.15. The third-order valence-electron chi connectivity index (χ3n) is 2.15. The Labute approximate surface area is 94.5 Å². The fraction of sp³-hybridized carbons (Fsp3) is 0.571. The van der Waals surface area contributed by atoms with Gasteiger partial charge in [-0.1, -0.05) is 45.4 Å². The Balaban J connectivity index is 0.000000921. The van der Waals surface area contributed by atoms with Crippen LogP contribution in [0.2, 0.25) is 0 Å². The summed E-state index contributed by atoms with van der Waals surface area (Å²) in [6, 6.07) is 6.25. The molecule has 0 heterocycles. The molecule has 0 amide bonds. The maximum Gasteiger partial charge on any atom is 0.125 e. The van der Waals surface area contributed by atoms with Crippen molar-refractivity contribution in [2.75, 3.05) is 6.61 Å². The molecule has 0 fully saturated rings. The molecule has 15 heavy (non-hydrogen) atoms. The van der Waals surface area contributed by atoms with Crippen LogP contribution >= 0.6 is 0 Å². The van der Waals surface area contributed by atoms with Crippen LogP contribution in [0.25, 0.3) is 0 Å². The SMILES string of the molecule is CC.CCCCOc1c(C)cccc1C. The summed E-state index contributed by atoms with van der Waals surface area (Å²) in [5, 5.41) is 0. The lowest BCUT2D eigenvalue weighted by Crippen LogP contribution is -1.99. The van der Waals surface area contributed by atoms with E-state index in [-0.39, 0.29) is 0 Å². The molecule has 0 radical (unpaired) electrons. The monoisotopic (exact) mass is 208 g/mol. The van der Waals surface area contributed by atoms with E-state index in [1.165, 1.54) is 17.5 Å². The van der Waals surface area contributed by atoms with Crippen LogP contribution in [-0.4, -0.2) is 6.61 Å². The number of hydrogen-bond acceptors (Lipinski definition) is 1. The second-order valence-electron chi connectivity index (χ2n) is 3.42. The molecule has 1 rings (SSSR count). The van der Waals surface area contributed by atoms with Gasteiger partial charge in [0.05, 0.1) is 6.61 Å². The van der Waals surface area contributed by atoms with E-state index in [1.807, 2.05) is 13.8 Å². The number of aryl methyl sites for hydroxylation is 2. The van der Waals surface area contributed by atoms with Crippen LogP contribution in [0.15, 0.2) is 18.2 Å². The number of hydrogen-bond donors (Lipinski definition) is 0. The number of benzene rings is 1. The summed E-state index contributed by atoms with van der Waals surface area (Å²) >= 11 is 0. The van der Waals surface area contributed by atoms with Gasteiger partial charge in [0.25, 0.3) is 0 Å². The molecule has 0 N–H and O–H groups in total. The first kappa shape index (κ1) is 14.0. The van der Waals surface area contributed by atoms with Crippen LogP contribution in [0, 0.1) is 13.8 Å². The van der Waals surface area contributed by atoms with Gasteiger partial charge in [-0.2, -0.15) is 0 Å². The molecule has 0 atom stereocenters. The molecule has 0 saturated heterocycles. The van der Waals surface area contributed by atoms with Gasteiger partial charge in [-0.05, 0) is 31.4 Å². The van der Waals surface area contributed by atoms with Gasteiger partial charge in [-0.25, -0.2) is 0 Å². The van der Waals surface area contributed by atoms with Gasteiger partial charge in [0, 0.05) is 0 Å². The maximum atomic E-state index is 5.71. The zero-order chi connectivity index (χ0) is 11.7. The van der Waals surface area contributed by atoms with Crippen LogP contribution in [0.3, 0.4) is 0 Å². The largest absolute Gasteiger partial charge is 0.493 e. The van der Waals surface area contributed by atoms with Crippen molar-refractivity contribution in [1.82, 2.24) is 0 Å². The average Bonchev–Trinajstić information content (AvgIpc) is 2.25. The van der Waals surface area contributed by atoms with Crippen molar-refractivity contribution in [2.24, 2.45) is 0 Å². The minimum absolute atomic E-state index is 0.836. The first-order valence-electron chi connectivity index (χ1n) is 5.94. The number of para-hydroxylation sites is 1. The quantitative estimate of drug-likeness (QED) is 0.661. The van der Waals surface area contributed by atoms with Gasteiger partial charge in [-0.3, -0.25) is 0 Å². The number of unbranched alkanes of at least 4 members (excludes halogenated alkanes) is 1. The van der Waals surface area contributed by atoms with Crippen LogP contribution in [0.1, 0.15) is 44.7 Å². The van der Waals surface area contributed by atoms with Crippen molar-refractivity contribution in [3.8, 4) is 5.75 Å². The summed E-state index contributed by atoms with van der Waals surface area (Å²) in [5.74, 6) is 1.07. The highest BCUT2D eigenvalue weighted by Crippen LogP contribution is 2.22. The zero-order valence-corrected chi connectivity index (χ0v) is 10.8. The fourth-order valence-electron chi connectivity index (χ4n) is 1.35. The fourth-order valence-corrected chi connectivity index (χ4v) is 1.35. The average molecular weight is 208 g/mol. The Morgan fingerprint density at radius 1 is 1.07 bits per heavy atom. The van der Waals surface area contributed by atoms with Crippen molar-refractivity contribution in [3.05, 3.63) is 29.3 Å². The van der Waals surface area contributed by atoms with Gasteiger partial charge >= 0.3 is 0 Å². The standard InChI is InChI=1S/C12H18O.C2H6/c1-4-5-9-13-12-10(2)7-6-8-11(12)3;1-2/h6-8H,4-5,9H2,1-3H3;1-2H3. The lowest BCUT2D eigenvalue weighted by atomic mass is 10.1. The summed E-state index contributed by atoms with van der Waals surface area (Å²) in [7, 11) is 0. The van der Waals surface area contributed by atoms with Gasteiger partial charge in [0.2, 0.25) is 0 Å². The molecule has 1 aromatic carbocycles. The summed E-state index contributed by atoms with van der Waals surface area (Å²) in [6.07, 6.45) is 2.32. The summed E-state index contributed by atoms with van der Waals surface area (Å²) in [6.45, 7) is 11.2. The smallest absolute Gasteiger partial charge is 0.125 e. The summed E-state index contributed by atoms with van der Waals surface area (Å²) in [4.78, 5) is 0. The van der Waals surface area contributed by atoms with Crippen LogP contribution in [-0.2, 0) is 0 Å². The van der Waals surface area contributed by atoms with Gasteiger partial charge in [0.1, 0.15) is 5.75 Å². The molecule has 0 saturated carbocycles. The highest BCUT2D eigenvalue weighted by molar-refractivity contribution is 5.39. The van der Waals surface area contributed by atoms with Crippen molar-refractivity contribution < 1.29 is 4.74 Å². The molecular weight excluding hydrogens is 184 g/mol. The lowest BCUT2D eigenvalue weighted by Gasteiger charge is -2.10. The second kappa shape index (κ2) is 8.34. The van der Waals surface area contributed by atoms with Crippen LogP contribution in [0.4, 0.5) is 0 Å². The van der Waals surface area contributed by atoms with E-state index in [4.69, 9.17) is 4.74 Å². The van der Waals surface area contributed by atoms with Gasteiger partial charge in [0.15, 0.2) is 0 Å². The zero-order valence-electron chi connectivity index (χ0n) is 10.8. The normalized spacial score (nSPS) is 9.13. The topological polar surface area (TPSA) is 9.23 Å².